The number of likely N-dealkylation sites (tertiary alicyclic amines) is 1. The predicted molar refractivity (Wildman–Crippen MR) is 80.5 cm³/mol. The van der Waals surface area contributed by atoms with Gasteiger partial charge in [0.15, 0.2) is 0 Å². The zero-order valence-corrected chi connectivity index (χ0v) is 12.4. The minimum atomic E-state index is -0.00676. The van der Waals surface area contributed by atoms with Crippen LogP contribution < -0.4 is 5.32 Å². The second kappa shape index (κ2) is 5.57. The molecule has 3 nitrogen and oxygen atoms in total. The molecule has 1 aromatic carbocycles. The van der Waals surface area contributed by atoms with Crippen LogP contribution in [0.1, 0.15) is 43.7 Å². The van der Waals surface area contributed by atoms with E-state index in [0.717, 1.165) is 26.1 Å². The van der Waals surface area contributed by atoms with Crippen molar-refractivity contribution in [3.8, 4) is 0 Å². The number of rotatable bonds is 1. The number of carbonyl (C=O) groups is 1. The van der Waals surface area contributed by atoms with Crippen LogP contribution in [0, 0.1) is 5.92 Å². The first-order valence-corrected chi connectivity index (χ1v) is 7.77. The van der Waals surface area contributed by atoms with E-state index < -0.39 is 0 Å². The number of benzene rings is 1. The van der Waals surface area contributed by atoms with E-state index in [-0.39, 0.29) is 5.92 Å². The van der Waals surface area contributed by atoms with Gasteiger partial charge in [-0.1, -0.05) is 31.2 Å². The number of carbonyl (C=O) groups excluding carboxylic acids is 1. The maximum absolute atomic E-state index is 13.0. The Morgan fingerprint density at radius 3 is 2.95 bits per heavy atom. The molecule has 2 aliphatic heterocycles. The Kier molecular flexibility index (Phi) is 3.79. The van der Waals surface area contributed by atoms with Crippen LogP contribution >= 0.6 is 0 Å². The zero-order valence-electron chi connectivity index (χ0n) is 12.4. The molecule has 0 saturated carbocycles. The van der Waals surface area contributed by atoms with Gasteiger partial charge in [0, 0.05) is 25.7 Å². The van der Waals surface area contributed by atoms with Crippen molar-refractivity contribution >= 4 is 5.91 Å². The van der Waals surface area contributed by atoms with Crippen molar-refractivity contribution in [2.24, 2.45) is 5.92 Å². The topological polar surface area (TPSA) is 32.3 Å². The first-order chi connectivity index (χ1) is 9.68. The fourth-order valence-electron chi connectivity index (χ4n) is 3.56. The van der Waals surface area contributed by atoms with Gasteiger partial charge in [0.1, 0.15) is 0 Å². The maximum atomic E-state index is 13.0. The molecule has 0 aromatic heterocycles. The third-order valence-electron chi connectivity index (χ3n) is 5.05. The normalized spacial score (nSPS) is 29.9. The average molecular weight is 272 g/mol. The summed E-state index contributed by atoms with van der Waals surface area (Å²) < 4.78 is 0. The predicted octanol–water partition coefficient (Wildman–Crippen LogP) is 2.52. The largest absolute Gasteiger partial charge is 0.339 e. The van der Waals surface area contributed by atoms with Crippen LogP contribution in [0.15, 0.2) is 24.3 Å². The van der Waals surface area contributed by atoms with Crippen molar-refractivity contribution in [3.63, 3.8) is 0 Å². The second-order valence-electron chi connectivity index (χ2n) is 6.27. The standard InChI is InChI=1S/C17H24N2O/c1-12-6-5-9-19(13(12)2)17(20)16-11-18-10-14-7-3-4-8-15(14)16/h3-4,7-8,12-13,16,18H,5-6,9-11H2,1-2H3. The molecule has 1 N–H and O–H groups in total. The van der Waals surface area contributed by atoms with Crippen LogP contribution in [0.5, 0.6) is 0 Å². The zero-order chi connectivity index (χ0) is 14.1. The van der Waals surface area contributed by atoms with E-state index in [2.05, 4.69) is 42.3 Å². The van der Waals surface area contributed by atoms with E-state index in [4.69, 9.17) is 0 Å². The summed E-state index contributed by atoms with van der Waals surface area (Å²) in [5, 5.41) is 3.39. The number of hydrogen-bond acceptors (Lipinski definition) is 2. The van der Waals surface area contributed by atoms with E-state index in [0.29, 0.717) is 17.9 Å². The molecule has 1 fully saturated rings. The van der Waals surface area contributed by atoms with Crippen molar-refractivity contribution in [2.75, 3.05) is 13.1 Å². The minimum absolute atomic E-state index is 0.00676. The number of fused-ring (bicyclic) bond motifs is 1. The summed E-state index contributed by atoms with van der Waals surface area (Å²) in [5.74, 6) is 0.913. The third kappa shape index (κ3) is 2.35. The number of piperidine rings is 1. The van der Waals surface area contributed by atoms with Gasteiger partial charge in [-0.3, -0.25) is 4.79 Å². The molecule has 3 heteroatoms. The molecular formula is C17H24N2O. The Morgan fingerprint density at radius 2 is 2.10 bits per heavy atom. The molecule has 0 radical (unpaired) electrons. The SMILES string of the molecule is CC1CCCN(C(=O)C2CNCc3ccccc32)C1C. The highest BCUT2D eigenvalue weighted by molar-refractivity contribution is 5.85. The van der Waals surface area contributed by atoms with Gasteiger partial charge in [-0.2, -0.15) is 0 Å². The quantitative estimate of drug-likeness (QED) is 0.852. The molecule has 0 aliphatic carbocycles. The van der Waals surface area contributed by atoms with Crippen molar-refractivity contribution in [3.05, 3.63) is 35.4 Å². The van der Waals surface area contributed by atoms with Crippen molar-refractivity contribution in [1.29, 1.82) is 0 Å². The molecule has 3 rings (SSSR count). The molecule has 108 valence electrons. The molecule has 3 atom stereocenters. The van der Waals surface area contributed by atoms with Crippen LogP contribution in [-0.2, 0) is 11.3 Å². The van der Waals surface area contributed by atoms with Crippen LogP contribution in [0.2, 0.25) is 0 Å². The van der Waals surface area contributed by atoms with Crippen LogP contribution in [0.25, 0.3) is 0 Å². The van der Waals surface area contributed by atoms with Gasteiger partial charge in [0.05, 0.1) is 5.92 Å². The lowest BCUT2D eigenvalue weighted by atomic mass is 9.86. The number of nitrogens with one attached hydrogen (secondary N) is 1. The van der Waals surface area contributed by atoms with Gasteiger partial charge >= 0.3 is 0 Å². The molecule has 2 heterocycles. The highest BCUT2D eigenvalue weighted by Gasteiger charge is 2.34. The maximum Gasteiger partial charge on any atom is 0.231 e. The van der Waals surface area contributed by atoms with E-state index in [9.17, 15) is 4.79 Å². The van der Waals surface area contributed by atoms with Gasteiger partial charge < -0.3 is 10.2 Å². The smallest absolute Gasteiger partial charge is 0.231 e. The molecule has 1 saturated heterocycles. The molecule has 2 aliphatic rings. The summed E-state index contributed by atoms with van der Waals surface area (Å²) in [5.41, 5.74) is 2.50. The molecule has 20 heavy (non-hydrogen) atoms. The fraction of sp³-hybridized carbons (Fsp3) is 0.588. The molecule has 1 amide bonds. The fourth-order valence-corrected chi connectivity index (χ4v) is 3.56. The van der Waals surface area contributed by atoms with E-state index in [1.165, 1.54) is 17.5 Å². The number of hydrogen-bond donors (Lipinski definition) is 1. The lowest BCUT2D eigenvalue weighted by molar-refractivity contribution is -0.137. The third-order valence-corrected chi connectivity index (χ3v) is 5.05. The summed E-state index contributed by atoms with van der Waals surface area (Å²) >= 11 is 0. The Bertz CT molecular complexity index is 500. The van der Waals surface area contributed by atoms with Crippen molar-refractivity contribution in [2.45, 2.75) is 45.2 Å². The minimum Gasteiger partial charge on any atom is -0.339 e. The van der Waals surface area contributed by atoms with Crippen LogP contribution in [0.3, 0.4) is 0 Å². The van der Waals surface area contributed by atoms with Gasteiger partial charge in [-0.05, 0) is 36.8 Å². The molecule has 0 spiro atoms. The van der Waals surface area contributed by atoms with Gasteiger partial charge in [0.25, 0.3) is 0 Å². The van der Waals surface area contributed by atoms with E-state index in [1.54, 1.807) is 0 Å². The monoisotopic (exact) mass is 272 g/mol. The lowest BCUT2D eigenvalue weighted by Crippen LogP contribution is -2.50. The summed E-state index contributed by atoms with van der Waals surface area (Å²) in [7, 11) is 0. The Morgan fingerprint density at radius 1 is 1.30 bits per heavy atom. The number of amides is 1. The van der Waals surface area contributed by atoms with Crippen LogP contribution in [0.4, 0.5) is 0 Å². The Balaban J connectivity index is 1.84. The summed E-state index contributed by atoms with van der Waals surface area (Å²) in [4.78, 5) is 15.1. The lowest BCUT2D eigenvalue weighted by Gasteiger charge is -2.40. The van der Waals surface area contributed by atoms with Gasteiger partial charge in [0.2, 0.25) is 5.91 Å². The van der Waals surface area contributed by atoms with Crippen LogP contribution in [-0.4, -0.2) is 29.9 Å². The van der Waals surface area contributed by atoms with Crippen molar-refractivity contribution in [1.82, 2.24) is 10.2 Å². The first kappa shape index (κ1) is 13.6. The average Bonchev–Trinajstić information content (AvgIpc) is 2.49. The van der Waals surface area contributed by atoms with E-state index in [1.807, 2.05) is 6.07 Å². The Labute approximate surface area is 121 Å². The first-order valence-electron chi connectivity index (χ1n) is 7.77. The van der Waals surface area contributed by atoms with Gasteiger partial charge in [-0.15, -0.1) is 0 Å². The van der Waals surface area contributed by atoms with Gasteiger partial charge in [-0.25, -0.2) is 0 Å². The Hall–Kier alpha value is -1.35. The summed E-state index contributed by atoms with van der Waals surface area (Å²) in [6.45, 7) is 7.03. The van der Waals surface area contributed by atoms with Crippen molar-refractivity contribution < 1.29 is 4.79 Å². The summed E-state index contributed by atoms with van der Waals surface area (Å²) in [6, 6.07) is 8.72. The molecule has 1 aromatic rings. The molecule has 0 bridgehead atoms. The van der Waals surface area contributed by atoms with E-state index >= 15 is 0 Å². The number of nitrogens with zero attached hydrogens (tertiary/aromatic N) is 1. The second-order valence-corrected chi connectivity index (χ2v) is 6.27. The highest BCUT2D eigenvalue weighted by atomic mass is 16.2. The summed E-state index contributed by atoms with van der Waals surface area (Å²) in [6.07, 6.45) is 2.38. The molecule has 3 unspecified atom stereocenters. The highest BCUT2D eigenvalue weighted by Crippen LogP contribution is 2.30. The molecular weight excluding hydrogens is 248 g/mol.